The lowest BCUT2D eigenvalue weighted by Gasteiger charge is -2.30. The minimum Gasteiger partial charge on any atom is -0.327 e. The van der Waals surface area contributed by atoms with Crippen LogP contribution in [0.25, 0.3) is 4.96 Å². The SMILES string of the molecule is Cc1csc2nc(CN3CCC[C@@H](N)C3)cc(=O)n12. The Labute approximate surface area is 115 Å². The van der Waals surface area contributed by atoms with E-state index in [2.05, 4.69) is 9.88 Å². The van der Waals surface area contributed by atoms with Gasteiger partial charge >= 0.3 is 0 Å². The molecule has 1 aliphatic heterocycles. The molecule has 1 aliphatic rings. The molecule has 1 saturated heterocycles. The number of fused-ring (bicyclic) bond motifs is 1. The Kier molecular flexibility index (Phi) is 3.38. The molecule has 19 heavy (non-hydrogen) atoms. The molecule has 0 amide bonds. The first-order valence-electron chi connectivity index (χ1n) is 6.58. The number of aryl methyl sites for hydroxylation is 1. The van der Waals surface area contributed by atoms with Crippen LogP contribution in [0.1, 0.15) is 24.2 Å². The van der Waals surface area contributed by atoms with Crippen molar-refractivity contribution < 1.29 is 0 Å². The molecular weight excluding hydrogens is 260 g/mol. The standard InChI is InChI=1S/C13H18N4OS/c1-9-8-19-13-15-11(5-12(18)17(9)13)7-16-4-2-3-10(14)6-16/h5,8,10H,2-4,6-7,14H2,1H3/t10-/m1/s1. The smallest absolute Gasteiger partial charge is 0.259 e. The van der Waals surface area contributed by atoms with Crippen LogP contribution < -0.4 is 11.3 Å². The highest BCUT2D eigenvalue weighted by atomic mass is 32.1. The first kappa shape index (κ1) is 12.8. The number of thiazole rings is 1. The van der Waals surface area contributed by atoms with Crippen molar-refractivity contribution in [1.29, 1.82) is 0 Å². The van der Waals surface area contributed by atoms with Crippen molar-refractivity contribution in [3.05, 3.63) is 33.2 Å². The lowest BCUT2D eigenvalue weighted by atomic mass is 10.1. The third-order valence-electron chi connectivity index (χ3n) is 3.56. The van der Waals surface area contributed by atoms with Crippen molar-refractivity contribution in [2.75, 3.05) is 13.1 Å². The summed E-state index contributed by atoms with van der Waals surface area (Å²) in [4.78, 5) is 19.7. The van der Waals surface area contributed by atoms with Crippen molar-refractivity contribution in [3.63, 3.8) is 0 Å². The fourth-order valence-electron chi connectivity index (χ4n) is 2.65. The van der Waals surface area contributed by atoms with Gasteiger partial charge in [-0.2, -0.15) is 0 Å². The minimum absolute atomic E-state index is 0.0139. The van der Waals surface area contributed by atoms with Gasteiger partial charge in [0.15, 0.2) is 4.96 Å². The lowest BCUT2D eigenvalue weighted by molar-refractivity contribution is 0.199. The highest BCUT2D eigenvalue weighted by Gasteiger charge is 2.17. The Balaban J connectivity index is 1.87. The number of hydrogen-bond donors (Lipinski definition) is 1. The van der Waals surface area contributed by atoms with Crippen molar-refractivity contribution in [2.24, 2.45) is 5.73 Å². The maximum atomic E-state index is 12.1. The van der Waals surface area contributed by atoms with Gasteiger partial charge in [0.25, 0.3) is 5.56 Å². The zero-order valence-electron chi connectivity index (χ0n) is 11.0. The predicted molar refractivity (Wildman–Crippen MR) is 76.6 cm³/mol. The van der Waals surface area contributed by atoms with Gasteiger partial charge < -0.3 is 5.73 Å². The van der Waals surface area contributed by atoms with E-state index in [1.165, 1.54) is 11.3 Å². The molecule has 1 atom stereocenters. The summed E-state index contributed by atoms with van der Waals surface area (Å²) in [5, 5.41) is 1.96. The highest BCUT2D eigenvalue weighted by Crippen LogP contribution is 2.14. The van der Waals surface area contributed by atoms with Crippen LogP contribution in [-0.2, 0) is 6.54 Å². The fraction of sp³-hybridized carbons (Fsp3) is 0.538. The van der Waals surface area contributed by atoms with E-state index < -0.39 is 0 Å². The van der Waals surface area contributed by atoms with Gasteiger partial charge in [0.05, 0.1) is 5.69 Å². The first-order chi connectivity index (χ1) is 9.13. The van der Waals surface area contributed by atoms with Gasteiger partial charge in [-0.1, -0.05) is 0 Å². The van der Waals surface area contributed by atoms with Gasteiger partial charge in [-0.3, -0.25) is 14.1 Å². The van der Waals surface area contributed by atoms with Crippen LogP contribution in [0.4, 0.5) is 0 Å². The van der Waals surface area contributed by atoms with E-state index in [1.54, 1.807) is 10.5 Å². The molecule has 1 fully saturated rings. The summed E-state index contributed by atoms with van der Waals surface area (Å²) in [5.41, 5.74) is 7.79. The van der Waals surface area contributed by atoms with Gasteiger partial charge in [0.2, 0.25) is 0 Å². The van der Waals surface area contributed by atoms with E-state index in [4.69, 9.17) is 5.73 Å². The zero-order valence-corrected chi connectivity index (χ0v) is 11.8. The molecule has 0 spiro atoms. The van der Waals surface area contributed by atoms with Crippen LogP contribution in [0.15, 0.2) is 16.2 Å². The molecule has 3 heterocycles. The quantitative estimate of drug-likeness (QED) is 0.889. The second-order valence-electron chi connectivity index (χ2n) is 5.22. The van der Waals surface area contributed by atoms with Crippen LogP contribution in [0.5, 0.6) is 0 Å². The number of piperidine rings is 1. The van der Waals surface area contributed by atoms with E-state index in [1.807, 2.05) is 12.3 Å². The molecule has 2 N–H and O–H groups in total. The molecule has 2 aromatic rings. The van der Waals surface area contributed by atoms with E-state index >= 15 is 0 Å². The number of aromatic nitrogens is 2. The summed E-state index contributed by atoms with van der Waals surface area (Å²) >= 11 is 1.51. The molecule has 0 aromatic carbocycles. The van der Waals surface area contributed by atoms with Crippen LogP contribution in [0, 0.1) is 6.92 Å². The predicted octanol–water partition coefficient (Wildman–Crippen LogP) is 0.988. The monoisotopic (exact) mass is 278 g/mol. The van der Waals surface area contributed by atoms with Crippen LogP contribution in [0.3, 0.4) is 0 Å². The molecule has 5 nitrogen and oxygen atoms in total. The Bertz CT molecular complexity index is 648. The van der Waals surface area contributed by atoms with Crippen LogP contribution >= 0.6 is 11.3 Å². The Morgan fingerprint density at radius 3 is 3.21 bits per heavy atom. The second-order valence-corrected chi connectivity index (χ2v) is 6.05. The van der Waals surface area contributed by atoms with E-state index in [9.17, 15) is 4.79 Å². The third-order valence-corrected chi connectivity index (χ3v) is 4.50. The van der Waals surface area contributed by atoms with E-state index in [0.29, 0.717) is 0 Å². The van der Waals surface area contributed by atoms with Crippen LogP contribution in [0.2, 0.25) is 0 Å². The average Bonchev–Trinajstić information content (AvgIpc) is 2.71. The van der Waals surface area contributed by atoms with Crippen molar-refractivity contribution in [1.82, 2.24) is 14.3 Å². The normalized spacial score (nSPS) is 21.1. The molecule has 0 unspecified atom stereocenters. The maximum absolute atomic E-state index is 12.1. The molecule has 2 aromatic heterocycles. The van der Waals surface area contributed by atoms with Gasteiger partial charge in [-0.05, 0) is 26.3 Å². The van der Waals surface area contributed by atoms with Crippen LogP contribution in [-0.4, -0.2) is 33.4 Å². The van der Waals surface area contributed by atoms with E-state index in [-0.39, 0.29) is 11.6 Å². The zero-order chi connectivity index (χ0) is 13.4. The van der Waals surface area contributed by atoms with Gasteiger partial charge in [0, 0.05) is 36.3 Å². The molecule has 3 rings (SSSR count). The summed E-state index contributed by atoms with van der Waals surface area (Å²) in [7, 11) is 0. The Morgan fingerprint density at radius 2 is 2.42 bits per heavy atom. The summed E-state index contributed by atoms with van der Waals surface area (Å²) in [6.45, 7) is 4.58. The fourth-order valence-corrected chi connectivity index (χ4v) is 3.54. The average molecular weight is 278 g/mol. The largest absolute Gasteiger partial charge is 0.327 e. The summed E-state index contributed by atoms with van der Waals surface area (Å²) in [5.74, 6) is 0. The van der Waals surface area contributed by atoms with Crippen molar-refractivity contribution in [2.45, 2.75) is 32.4 Å². The van der Waals surface area contributed by atoms with E-state index in [0.717, 1.165) is 48.8 Å². The minimum atomic E-state index is 0.0139. The number of hydrogen-bond acceptors (Lipinski definition) is 5. The van der Waals surface area contributed by atoms with Gasteiger partial charge in [0.1, 0.15) is 0 Å². The number of nitrogens with zero attached hydrogens (tertiary/aromatic N) is 3. The van der Waals surface area contributed by atoms with Gasteiger partial charge in [-0.15, -0.1) is 11.3 Å². The second kappa shape index (κ2) is 5.03. The molecule has 0 radical (unpaired) electrons. The third kappa shape index (κ3) is 2.56. The van der Waals surface area contributed by atoms with Crippen molar-refractivity contribution >= 4 is 16.3 Å². The Hall–Kier alpha value is -1.24. The summed E-state index contributed by atoms with van der Waals surface area (Å²) in [6.07, 6.45) is 2.22. The molecule has 0 saturated carbocycles. The first-order valence-corrected chi connectivity index (χ1v) is 7.46. The molecular formula is C13H18N4OS. The number of nitrogens with two attached hydrogens (primary N) is 1. The van der Waals surface area contributed by atoms with Crippen molar-refractivity contribution in [3.8, 4) is 0 Å². The lowest BCUT2D eigenvalue weighted by Crippen LogP contribution is -2.42. The molecule has 6 heteroatoms. The number of rotatable bonds is 2. The molecule has 102 valence electrons. The van der Waals surface area contributed by atoms with Gasteiger partial charge in [-0.25, -0.2) is 4.98 Å². The molecule has 0 aliphatic carbocycles. The topological polar surface area (TPSA) is 63.6 Å². The Morgan fingerprint density at radius 1 is 1.58 bits per heavy atom. The number of likely N-dealkylation sites (tertiary alicyclic amines) is 1. The summed E-state index contributed by atoms with van der Waals surface area (Å²) < 4.78 is 1.66. The maximum Gasteiger partial charge on any atom is 0.259 e. The summed E-state index contributed by atoms with van der Waals surface area (Å²) in [6, 6.07) is 1.90. The molecule has 0 bridgehead atoms. The highest BCUT2D eigenvalue weighted by molar-refractivity contribution is 7.15.